The van der Waals surface area contributed by atoms with Crippen molar-refractivity contribution in [2.45, 2.75) is 6.54 Å². The van der Waals surface area contributed by atoms with E-state index in [0.717, 1.165) is 11.6 Å². The van der Waals surface area contributed by atoms with Crippen LogP contribution in [0.15, 0.2) is 36.4 Å². The van der Waals surface area contributed by atoms with Crippen molar-refractivity contribution >= 4 is 22.8 Å². The van der Waals surface area contributed by atoms with Crippen LogP contribution in [0.3, 0.4) is 0 Å². The lowest BCUT2D eigenvalue weighted by atomic mass is 10.1. The lowest BCUT2D eigenvalue weighted by Crippen LogP contribution is -2.05. The molecule has 0 saturated heterocycles. The Hall–Kier alpha value is -3.95. The summed E-state index contributed by atoms with van der Waals surface area (Å²) in [5.74, 6) is 0.441. The maximum atomic E-state index is 14.5. The molecule has 0 aliphatic carbocycles. The second kappa shape index (κ2) is 6.83. The van der Waals surface area contributed by atoms with Gasteiger partial charge in [-0.2, -0.15) is 10.1 Å². The fraction of sp³-hybridized carbons (Fsp3) is 0.150. The van der Waals surface area contributed by atoms with Gasteiger partial charge in [-0.25, -0.2) is 13.8 Å². The highest BCUT2D eigenvalue weighted by molar-refractivity contribution is 5.99. The van der Waals surface area contributed by atoms with Gasteiger partial charge in [0.15, 0.2) is 17.1 Å². The van der Waals surface area contributed by atoms with Crippen LogP contribution in [0.25, 0.3) is 22.3 Å². The molecule has 3 N–H and O–H groups in total. The van der Waals surface area contributed by atoms with Gasteiger partial charge >= 0.3 is 0 Å². The van der Waals surface area contributed by atoms with Crippen molar-refractivity contribution in [3.8, 4) is 22.8 Å². The SMILES string of the molecule is Cn1nc2nc(NCc3ccc4c(c3)OCO4)nc(-c3ccc(F)cc3F)c2c1N. The summed E-state index contributed by atoms with van der Waals surface area (Å²) < 4.78 is 40.0. The molecular weight excluding hydrogens is 394 g/mol. The summed E-state index contributed by atoms with van der Waals surface area (Å²) in [6, 6.07) is 8.85. The van der Waals surface area contributed by atoms with Gasteiger partial charge in [0.1, 0.15) is 17.5 Å². The molecule has 1 aliphatic heterocycles. The Morgan fingerprint density at radius 3 is 2.77 bits per heavy atom. The van der Waals surface area contributed by atoms with Crippen LogP contribution in [0.4, 0.5) is 20.5 Å². The first-order valence-corrected chi connectivity index (χ1v) is 9.07. The number of nitrogens with one attached hydrogen (secondary N) is 1. The van der Waals surface area contributed by atoms with Crippen molar-refractivity contribution in [2.75, 3.05) is 17.8 Å². The summed E-state index contributed by atoms with van der Waals surface area (Å²) in [6.07, 6.45) is 0. The Morgan fingerprint density at radius 1 is 1.10 bits per heavy atom. The Morgan fingerprint density at radius 2 is 1.93 bits per heavy atom. The van der Waals surface area contributed by atoms with Crippen molar-refractivity contribution in [3.05, 3.63) is 53.6 Å². The average Bonchev–Trinajstić information content (AvgIpc) is 3.30. The predicted octanol–water partition coefficient (Wildman–Crippen LogP) is 3.23. The van der Waals surface area contributed by atoms with Crippen LogP contribution in [-0.2, 0) is 13.6 Å². The number of anilines is 2. The molecular formula is C20H16F2N6O2. The maximum absolute atomic E-state index is 14.5. The molecule has 0 unspecified atom stereocenters. The first kappa shape index (κ1) is 18.1. The van der Waals surface area contributed by atoms with Crippen LogP contribution in [0.2, 0.25) is 0 Å². The molecule has 0 radical (unpaired) electrons. The number of aryl methyl sites for hydroxylation is 1. The number of ether oxygens (including phenoxy) is 2. The van der Waals surface area contributed by atoms with Crippen molar-refractivity contribution in [3.63, 3.8) is 0 Å². The smallest absolute Gasteiger partial charge is 0.231 e. The van der Waals surface area contributed by atoms with Gasteiger partial charge in [-0.1, -0.05) is 6.07 Å². The quantitative estimate of drug-likeness (QED) is 0.533. The van der Waals surface area contributed by atoms with Crippen LogP contribution in [0.1, 0.15) is 5.56 Å². The van der Waals surface area contributed by atoms with Crippen molar-refractivity contribution in [1.82, 2.24) is 19.7 Å². The summed E-state index contributed by atoms with van der Waals surface area (Å²) in [5, 5.41) is 7.78. The highest BCUT2D eigenvalue weighted by Gasteiger charge is 2.20. The predicted molar refractivity (Wildman–Crippen MR) is 106 cm³/mol. The fourth-order valence-corrected chi connectivity index (χ4v) is 3.30. The van der Waals surface area contributed by atoms with Crippen LogP contribution in [-0.4, -0.2) is 26.5 Å². The topological polar surface area (TPSA) is 100 Å². The monoisotopic (exact) mass is 410 g/mol. The Bertz CT molecular complexity index is 1290. The number of halogens is 2. The Balaban J connectivity index is 1.54. The largest absolute Gasteiger partial charge is 0.454 e. The van der Waals surface area contributed by atoms with E-state index in [4.69, 9.17) is 15.2 Å². The number of aromatic nitrogens is 4. The number of nitrogens with zero attached hydrogens (tertiary/aromatic N) is 4. The second-order valence-electron chi connectivity index (χ2n) is 6.77. The van der Waals surface area contributed by atoms with Crippen molar-refractivity contribution in [1.29, 1.82) is 0 Å². The van der Waals surface area contributed by atoms with Crippen LogP contribution < -0.4 is 20.5 Å². The first-order valence-electron chi connectivity index (χ1n) is 9.07. The number of fused-ring (bicyclic) bond motifs is 2. The van der Waals surface area contributed by atoms with Gasteiger partial charge in [0.05, 0.1) is 11.1 Å². The summed E-state index contributed by atoms with van der Waals surface area (Å²) in [6.45, 7) is 0.579. The van der Waals surface area contributed by atoms with Gasteiger partial charge in [0, 0.05) is 25.2 Å². The molecule has 10 heteroatoms. The first-order chi connectivity index (χ1) is 14.5. The Labute approximate surface area is 169 Å². The van der Waals surface area contributed by atoms with Gasteiger partial charge in [0.2, 0.25) is 12.7 Å². The minimum atomic E-state index is -0.750. The maximum Gasteiger partial charge on any atom is 0.231 e. The van der Waals surface area contributed by atoms with Gasteiger partial charge in [0.25, 0.3) is 0 Å². The zero-order chi connectivity index (χ0) is 20.8. The molecule has 4 aromatic rings. The van der Waals surface area contributed by atoms with Gasteiger partial charge in [-0.05, 0) is 29.8 Å². The highest BCUT2D eigenvalue weighted by Crippen LogP contribution is 2.34. The van der Waals surface area contributed by atoms with E-state index >= 15 is 0 Å². The molecule has 0 atom stereocenters. The zero-order valence-electron chi connectivity index (χ0n) is 15.8. The van der Waals surface area contributed by atoms with E-state index in [1.54, 1.807) is 7.05 Å². The lowest BCUT2D eigenvalue weighted by Gasteiger charge is -2.10. The standard InChI is InChI=1S/C20H16F2N6O2/c1-28-18(23)16-17(12-4-3-11(21)7-13(12)22)25-20(26-19(16)27-28)24-8-10-2-5-14-15(6-10)30-9-29-14/h2-7H,8-9,23H2,1H3,(H,24,26,27). The average molecular weight is 410 g/mol. The van der Waals surface area contributed by atoms with Gasteiger partial charge < -0.3 is 20.5 Å². The van der Waals surface area contributed by atoms with E-state index in [1.807, 2.05) is 18.2 Å². The lowest BCUT2D eigenvalue weighted by molar-refractivity contribution is 0.174. The molecule has 0 amide bonds. The highest BCUT2D eigenvalue weighted by atomic mass is 19.1. The molecule has 0 saturated carbocycles. The van der Waals surface area contributed by atoms with Crippen LogP contribution in [0, 0.1) is 11.6 Å². The minimum Gasteiger partial charge on any atom is -0.454 e. The molecule has 3 heterocycles. The Kier molecular flexibility index (Phi) is 4.12. The third kappa shape index (κ3) is 3.02. The number of hydrogen-bond acceptors (Lipinski definition) is 7. The number of rotatable bonds is 4. The molecule has 1 aliphatic rings. The van der Waals surface area contributed by atoms with Gasteiger partial charge in [-0.3, -0.25) is 4.68 Å². The number of nitrogen functional groups attached to an aromatic ring is 1. The third-order valence-corrected chi connectivity index (χ3v) is 4.81. The molecule has 2 aromatic carbocycles. The van der Waals surface area contributed by atoms with E-state index < -0.39 is 11.6 Å². The van der Waals surface area contributed by atoms with Crippen LogP contribution >= 0.6 is 0 Å². The molecule has 2 aromatic heterocycles. The summed E-state index contributed by atoms with van der Waals surface area (Å²) >= 11 is 0. The summed E-state index contributed by atoms with van der Waals surface area (Å²) in [7, 11) is 1.65. The molecule has 5 rings (SSSR count). The van der Waals surface area contributed by atoms with Crippen LogP contribution in [0.5, 0.6) is 11.5 Å². The van der Waals surface area contributed by atoms with Gasteiger partial charge in [-0.15, -0.1) is 0 Å². The molecule has 0 fully saturated rings. The summed E-state index contributed by atoms with van der Waals surface area (Å²) in [4.78, 5) is 8.84. The fourth-order valence-electron chi connectivity index (χ4n) is 3.30. The summed E-state index contributed by atoms with van der Waals surface area (Å²) in [5.41, 5.74) is 7.66. The van der Waals surface area contributed by atoms with E-state index in [-0.39, 0.29) is 29.8 Å². The molecule has 0 spiro atoms. The van der Waals surface area contributed by atoms with Crippen molar-refractivity contribution in [2.24, 2.45) is 7.05 Å². The van der Waals surface area contributed by atoms with E-state index in [1.165, 1.54) is 16.8 Å². The van der Waals surface area contributed by atoms with Crippen molar-refractivity contribution < 1.29 is 18.3 Å². The minimum absolute atomic E-state index is 0.106. The van der Waals surface area contributed by atoms with E-state index in [9.17, 15) is 8.78 Å². The van der Waals surface area contributed by atoms with E-state index in [0.29, 0.717) is 29.1 Å². The number of hydrogen-bond donors (Lipinski definition) is 2. The normalized spacial score (nSPS) is 12.5. The zero-order valence-corrected chi connectivity index (χ0v) is 15.8. The second-order valence-corrected chi connectivity index (χ2v) is 6.77. The number of nitrogens with two attached hydrogens (primary N) is 1. The molecule has 152 valence electrons. The molecule has 0 bridgehead atoms. The molecule has 30 heavy (non-hydrogen) atoms. The number of benzene rings is 2. The molecule has 8 nitrogen and oxygen atoms in total. The third-order valence-electron chi connectivity index (χ3n) is 4.81. The van der Waals surface area contributed by atoms with E-state index in [2.05, 4.69) is 20.4 Å².